The Morgan fingerprint density at radius 2 is 2.00 bits per heavy atom. The number of ketones is 1. The first-order valence-electron chi connectivity index (χ1n) is 6.97. The highest BCUT2D eigenvalue weighted by Crippen LogP contribution is 2.56. The number of carbonyl (C=O) groups excluding carboxylic acids is 2. The van der Waals surface area contributed by atoms with Crippen LogP contribution in [-0.4, -0.2) is 27.6 Å². The molecule has 118 valence electrons. The van der Waals surface area contributed by atoms with Gasteiger partial charge in [-0.2, -0.15) is 0 Å². The fourth-order valence-corrected chi connectivity index (χ4v) is 4.47. The van der Waals surface area contributed by atoms with Gasteiger partial charge in [-0.05, 0) is 44.9 Å². The summed E-state index contributed by atoms with van der Waals surface area (Å²) in [6.07, 6.45) is 3.39. The zero-order chi connectivity index (χ0) is 15.3. The summed E-state index contributed by atoms with van der Waals surface area (Å²) in [6, 6.07) is 0. The third-order valence-corrected chi connectivity index (χ3v) is 5.44. The van der Waals surface area contributed by atoms with Crippen molar-refractivity contribution in [1.82, 2.24) is 0 Å². The molecule has 0 aromatic rings. The van der Waals surface area contributed by atoms with Crippen molar-refractivity contribution in [2.45, 2.75) is 49.6 Å². The number of halogens is 1. The fourth-order valence-electron chi connectivity index (χ4n) is 4.20. The van der Waals surface area contributed by atoms with Crippen LogP contribution in [0, 0.1) is 17.8 Å². The molecular formula is C13H17FO6S. The van der Waals surface area contributed by atoms with Gasteiger partial charge >= 0.3 is 5.97 Å². The molecule has 4 fully saturated rings. The van der Waals surface area contributed by atoms with Crippen molar-refractivity contribution in [3.8, 4) is 0 Å². The lowest BCUT2D eigenvalue weighted by atomic mass is 9.53. The molecule has 0 amide bonds. The van der Waals surface area contributed by atoms with Gasteiger partial charge in [0.05, 0.1) is 12.0 Å². The van der Waals surface area contributed by atoms with E-state index in [1.54, 1.807) is 0 Å². The first-order chi connectivity index (χ1) is 9.85. The summed E-state index contributed by atoms with van der Waals surface area (Å²) in [5.74, 6) is -0.534. The molecule has 1 N–H and O–H groups in total. The molecule has 4 rings (SSSR count). The molecule has 0 heterocycles. The fraction of sp³-hybridized carbons (Fsp3) is 0.846. The van der Waals surface area contributed by atoms with Crippen molar-refractivity contribution in [1.29, 1.82) is 0 Å². The molecule has 3 unspecified atom stereocenters. The number of carbonyl (C=O) groups is 2. The number of ether oxygens (including phenoxy) is 1. The predicted octanol–water partition coefficient (Wildman–Crippen LogP) is 2.43. The number of rotatable bonds is 5. The molecule has 0 spiro atoms. The summed E-state index contributed by atoms with van der Waals surface area (Å²) in [5.41, 5.74) is -0.727. The molecule has 0 aromatic heterocycles. The van der Waals surface area contributed by atoms with Crippen LogP contribution in [0.2, 0.25) is 0 Å². The van der Waals surface area contributed by atoms with E-state index in [0.29, 0.717) is 25.2 Å². The highest BCUT2D eigenvalue weighted by molar-refractivity contribution is 7.96. The Morgan fingerprint density at radius 3 is 2.57 bits per heavy atom. The van der Waals surface area contributed by atoms with Crippen molar-refractivity contribution in [3.05, 3.63) is 0 Å². The lowest BCUT2D eigenvalue weighted by Gasteiger charge is -2.54. The summed E-state index contributed by atoms with van der Waals surface area (Å²) in [5, 5.41) is 8.86. The Kier molecular flexibility index (Phi) is 3.76. The van der Waals surface area contributed by atoms with E-state index in [1.165, 1.54) is 0 Å². The van der Waals surface area contributed by atoms with E-state index in [9.17, 15) is 14.0 Å². The van der Waals surface area contributed by atoms with Gasteiger partial charge in [0, 0.05) is 11.8 Å². The van der Waals surface area contributed by atoms with Crippen LogP contribution >= 0.6 is 12.0 Å². The first kappa shape index (κ1) is 15.2. The van der Waals surface area contributed by atoms with E-state index in [-0.39, 0.29) is 29.7 Å². The second-order valence-electron chi connectivity index (χ2n) is 6.46. The second kappa shape index (κ2) is 5.19. The average molecular weight is 320 g/mol. The van der Waals surface area contributed by atoms with Gasteiger partial charge in [0.25, 0.3) is 5.00 Å². The van der Waals surface area contributed by atoms with Crippen LogP contribution in [0.3, 0.4) is 0 Å². The van der Waals surface area contributed by atoms with Crippen LogP contribution < -0.4 is 0 Å². The number of Topliss-reactive ketones (excluding diaryl/α,β-unsaturated/α-hetero) is 1. The minimum atomic E-state index is -2.49. The van der Waals surface area contributed by atoms with Crippen molar-refractivity contribution in [2.75, 3.05) is 0 Å². The Labute approximate surface area is 125 Å². The van der Waals surface area contributed by atoms with Gasteiger partial charge in [0.1, 0.15) is 11.4 Å². The standard InChI is InChI=1S/C13H17FO6S/c1-12(14,21-20-19-17)11(16)18-13-4-7-2-8(5-13)10(15)9(3-7)6-13/h7-9,17H,2-6H2,1H3. The molecule has 0 aliphatic heterocycles. The Balaban J connectivity index is 1.70. The molecule has 8 heteroatoms. The quantitative estimate of drug-likeness (QED) is 0.360. The normalized spacial score (nSPS) is 40.1. The van der Waals surface area contributed by atoms with Gasteiger partial charge in [0.15, 0.2) is 0 Å². The molecule has 4 aliphatic rings. The molecule has 6 nitrogen and oxygen atoms in total. The summed E-state index contributed by atoms with van der Waals surface area (Å²) < 4.78 is 23.6. The van der Waals surface area contributed by atoms with Gasteiger partial charge in [-0.15, -0.1) is 4.33 Å². The van der Waals surface area contributed by atoms with E-state index in [4.69, 9.17) is 9.99 Å². The maximum atomic E-state index is 14.1. The van der Waals surface area contributed by atoms with Crippen LogP contribution in [0.4, 0.5) is 4.39 Å². The van der Waals surface area contributed by atoms with Crippen LogP contribution in [0.15, 0.2) is 0 Å². The second-order valence-corrected chi connectivity index (χ2v) is 7.53. The minimum absolute atomic E-state index is 0.0356. The van der Waals surface area contributed by atoms with Crippen molar-refractivity contribution >= 4 is 23.8 Å². The van der Waals surface area contributed by atoms with E-state index >= 15 is 0 Å². The van der Waals surface area contributed by atoms with Gasteiger partial charge < -0.3 is 4.74 Å². The average Bonchev–Trinajstić information content (AvgIpc) is 2.41. The Hall–Kier alpha value is -0.700. The molecule has 4 saturated carbocycles. The molecular weight excluding hydrogens is 303 g/mol. The van der Waals surface area contributed by atoms with E-state index in [0.717, 1.165) is 19.8 Å². The minimum Gasteiger partial charge on any atom is -0.456 e. The maximum absolute atomic E-state index is 14.1. The van der Waals surface area contributed by atoms with Crippen LogP contribution in [0.25, 0.3) is 0 Å². The number of hydrogen-bond acceptors (Lipinski definition) is 7. The summed E-state index contributed by atoms with van der Waals surface area (Å²) in [4.78, 5) is 24.1. The number of alkyl halides is 1. The van der Waals surface area contributed by atoms with Crippen molar-refractivity contribution in [2.24, 2.45) is 17.8 Å². The molecule has 0 radical (unpaired) electrons. The smallest absolute Gasteiger partial charge is 0.357 e. The van der Waals surface area contributed by atoms with Gasteiger partial charge in [-0.25, -0.2) is 14.4 Å². The van der Waals surface area contributed by atoms with E-state index < -0.39 is 16.6 Å². The first-order valence-corrected chi connectivity index (χ1v) is 7.71. The molecule has 0 aromatic carbocycles. The van der Waals surface area contributed by atoms with Gasteiger partial charge in [-0.3, -0.25) is 4.79 Å². The molecule has 4 aliphatic carbocycles. The number of hydrogen-bond donors (Lipinski definition) is 1. The summed E-state index contributed by atoms with van der Waals surface area (Å²) >= 11 is 0.0356. The van der Waals surface area contributed by atoms with Gasteiger partial charge in [0.2, 0.25) is 0 Å². The Bertz CT molecular complexity index is 450. The number of esters is 1. The van der Waals surface area contributed by atoms with Crippen molar-refractivity contribution < 1.29 is 33.3 Å². The Morgan fingerprint density at radius 1 is 1.38 bits per heavy atom. The molecule has 4 bridgehead atoms. The van der Waals surface area contributed by atoms with Crippen LogP contribution in [0.1, 0.15) is 39.0 Å². The lowest BCUT2D eigenvalue weighted by Crippen LogP contribution is -2.57. The largest absolute Gasteiger partial charge is 0.456 e. The summed E-state index contributed by atoms with van der Waals surface area (Å²) in [6.45, 7) is 0.977. The predicted molar refractivity (Wildman–Crippen MR) is 69.3 cm³/mol. The van der Waals surface area contributed by atoms with Crippen LogP contribution in [-0.2, 0) is 23.7 Å². The zero-order valence-electron chi connectivity index (χ0n) is 11.5. The monoisotopic (exact) mass is 320 g/mol. The third-order valence-electron chi connectivity index (χ3n) is 4.83. The summed E-state index contributed by atoms with van der Waals surface area (Å²) in [7, 11) is 0. The SMILES string of the molecule is CC(F)(SOOO)C(=O)OC12CC3CC(C1)C(=O)C(C3)C2. The lowest BCUT2D eigenvalue weighted by molar-refractivity contribution is -0.432. The topological polar surface area (TPSA) is 82.1 Å². The zero-order valence-corrected chi connectivity index (χ0v) is 12.4. The van der Waals surface area contributed by atoms with E-state index in [2.05, 4.69) is 9.37 Å². The maximum Gasteiger partial charge on any atom is 0.357 e. The molecule has 3 atom stereocenters. The van der Waals surface area contributed by atoms with Gasteiger partial charge in [-0.1, -0.05) is 5.04 Å². The van der Waals surface area contributed by atoms with E-state index in [1.807, 2.05) is 0 Å². The highest BCUT2D eigenvalue weighted by atomic mass is 32.2. The van der Waals surface area contributed by atoms with Crippen LogP contribution in [0.5, 0.6) is 0 Å². The third kappa shape index (κ3) is 2.69. The highest BCUT2D eigenvalue weighted by Gasteiger charge is 2.58. The molecule has 21 heavy (non-hydrogen) atoms. The molecule has 0 saturated heterocycles. The van der Waals surface area contributed by atoms with Crippen molar-refractivity contribution in [3.63, 3.8) is 0 Å².